The summed E-state index contributed by atoms with van der Waals surface area (Å²) in [6.07, 6.45) is 45.7. The van der Waals surface area contributed by atoms with E-state index in [1.54, 1.807) is 0 Å². The van der Waals surface area contributed by atoms with Crippen LogP contribution in [0.25, 0.3) is 32.3 Å². The maximum absolute atomic E-state index is 4.20. The second kappa shape index (κ2) is 41.6. The summed E-state index contributed by atoms with van der Waals surface area (Å²) in [7, 11) is 0. The lowest BCUT2D eigenvalue weighted by Crippen LogP contribution is -1.94. The predicted octanol–water partition coefficient (Wildman–Crippen LogP) is 25.6. The van der Waals surface area contributed by atoms with Gasteiger partial charge in [0.2, 0.25) is 0 Å². The molecule has 0 heterocycles. The van der Waals surface area contributed by atoms with E-state index in [1.807, 2.05) is 0 Å². The number of fused-ring (bicyclic) bond motifs is 6. The van der Waals surface area contributed by atoms with E-state index < -0.39 is 0 Å². The molecule has 0 atom stereocenters. The molecule has 0 aromatic heterocycles. The van der Waals surface area contributed by atoms with Gasteiger partial charge in [0.1, 0.15) is 0 Å². The maximum Gasteiger partial charge on any atom is 0.0215 e. The van der Waals surface area contributed by atoms with Gasteiger partial charge < -0.3 is 0 Å². The molecule has 0 spiro atoms. The Morgan fingerprint density at radius 1 is 0.264 bits per heavy atom. The number of allylic oxidation sites excluding steroid dienone is 1. The van der Waals surface area contributed by atoms with Gasteiger partial charge in [-0.25, -0.2) is 0 Å². The van der Waals surface area contributed by atoms with Gasteiger partial charge in [-0.05, 0) is 162 Å². The Labute approximate surface area is 471 Å². The van der Waals surface area contributed by atoms with Crippen LogP contribution in [0.15, 0.2) is 77.9 Å². The summed E-state index contributed by atoms with van der Waals surface area (Å²) in [5.74, 6) is 7.29. The summed E-state index contributed by atoms with van der Waals surface area (Å²) in [5.41, 5.74) is 1.32. The van der Waals surface area contributed by atoms with Gasteiger partial charge in [0.25, 0.3) is 0 Å². The number of benzene rings is 4. The van der Waals surface area contributed by atoms with E-state index >= 15 is 0 Å². The molecule has 0 aliphatic rings. The van der Waals surface area contributed by atoms with Crippen LogP contribution in [0.4, 0.5) is 0 Å². The van der Waals surface area contributed by atoms with E-state index in [9.17, 15) is 0 Å². The highest BCUT2D eigenvalue weighted by Crippen LogP contribution is 2.48. The first kappa shape index (κ1) is 64.0. The molecule has 0 radical (unpaired) electrons. The van der Waals surface area contributed by atoms with Gasteiger partial charge in [0, 0.05) is 29.4 Å². The van der Waals surface area contributed by atoms with Crippen molar-refractivity contribution in [3.05, 3.63) is 48.6 Å². The Bertz CT molecular complexity index is 1980. The minimum Gasteiger partial charge on any atom is -0.125 e. The van der Waals surface area contributed by atoms with Crippen LogP contribution in [0.3, 0.4) is 0 Å². The van der Waals surface area contributed by atoms with Gasteiger partial charge in [-0.3, -0.25) is 0 Å². The lowest BCUT2D eigenvalue weighted by molar-refractivity contribution is 0.626. The van der Waals surface area contributed by atoms with Gasteiger partial charge in [-0.15, -0.1) is 77.2 Å². The molecule has 0 saturated carbocycles. The van der Waals surface area contributed by atoms with Gasteiger partial charge in [-0.1, -0.05) is 207 Å². The van der Waals surface area contributed by atoms with Gasteiger partial charge in [0.15, 0.2) is 0 Å². The molecule has 0 unspecified atom stereocenters. The molecule has 4 rings (SSSR count). The van der Waals surface area contributed by atoms with Gasteiger partial charge >= 0.3 is 0 Å². The van der Waals surface area contributed by atoms with Crippen LogP contribution in [0, 0.1) is 0 Å². The molecule has 0 amide bonds. The second-order valence-corrected chi connectivity index (χ2v) is 28.1. The zero-order chi connectivity index (χ0) is 51.3. The number of hydrogen-bond acceptors (Lipinski definition) is 6. The smallest absolute Gasteiger partial charge is 0.0215 e. The SMILES string of the molecule is C=C(C)CCCCCSc1cc2c3cc(SCCCCCCCC)c(SCCCCCCCC)cc3c3cc(SCCCCCCCC)c(SCCCCCCCC)cc3c2cc1SCCCCCCCC. The third-order valence-electron chi connectivity index (χ3n) is 14.4. The summed E-state index contributed by atoms with van der Waals surface area (Å²) < 4.78 is 0. The summed E-state index contributed by atoms with van der Waals surface area (Å²) in [6, 6.07) is 16.2. The fourth-order valence-corrected chi connectivity index (χ4v) is 16.8. The standard InChI is InChI=1S/C66H106S6/c1-8-13-18-23-28-35-42-67-61-48-55-56-49-62(68-43-36-29-24-19-14-9-2)64(70-45-38-31-26-21-16-11-4)51-58(56)60-53-66(72-47-40-33-34-41-54(6)7)65(71-46-39-32-27-22-17-12-5)52-59(60)57(55)50-63(61)69-44-37-30-25-20-15-10-3/h48-53H,6,8-47H2,1-5,7H3. The van der Waals surface area contributed by atoms with Crippen LogP contribution in [0.5, 0.6) is 0 Å². The van der Waals surface area contributed by atoms with Crippen molar-refractivity contribution in [3.8, 4) is 0 Å². The van der Waals surface area contributed by atoms with Crippen molar-refractivity contribution in [2.45, 2.75) is 289 Å². The molecule has 72 heavy (non-hydrogen) atoms. The summed E-state index contributed by atoms with van der Waals surface area (Å²) in [4.78, 5) is 9.18. The van der Waals surface area contributed by atoms with Gasteiger partial charge in [-0.2, -0.15) is 0 Å². The zero-order valence-corrected chi connectivity index (χ0v) is 52.3. The minimum absolute atomic E-state index is 1.16. The van der Waals surface area contributed by atoms with Crippen molar-refractivity contribution < 1.29 is 0 Å². The Morgan fingerprint density at radius 3 is 0.611 bits per heavy atom. The fourth-order valence-electron chi connectivity index (χ4n) is 9.90. The third-order valence-corrected chi connectivity index (χ3v) is 21.6. The van der Waals surface area contributed by atoms with E-state index in [4.69, 9.17) is 0 Å². The Kier molecular flexibility index (Phi) is 37.0. The van der Waals surface area contributed by atoms with Crippen molar-refractivity contribution in [2.24, 2.45) is 0 Å². The molecule has 6 heteroatoms. The lowest BCUT2D eigenvalue weighted by atomic mass is 9.94. The number of unbranched alkanes of at least 4 members (excludes halogenated alkanes) is 27. The number of rotatable bonds is 47. The highest BCUT2D eigenvalue weighted by molar-refractivity contribution is 8.03. The first-order valence-corrected chi connectivity index (χ1v) is 36.3. The first-order chi connectivity index (χ1) is 35.4. The molecular formula is C66H106S6. The Balaban J connectivity index is 1.88. The highest BCUT2D eigenvalue weighted by Gasteiger charge is 2.19. The summed E-state index contributed by atoms with van der Waals surface area (Å²) >= 11 is 13.0. The van der Waals surface area contributed by atoms with E-state index in [0.717, 1.165) is 6.42 Å². The first-order valence-electron chi connectivity index (χ1n) is 30.4. The quantitative estimate of drug-likeness (QED) is 0.0186. The van der Waals surface area contributed by atoms with Crippen molar-refractivity contribution in [3.63, 3.8) is 0 Å². The average Bonchev–Trinajstić information content (AvgIpc) is 3.38. The Morgan fingerprint density at radius 2 is 0.431 bits per heavy atom. The molecule has 0 aliphatic carbocycles. The molecule has 0 bridgehead atoms. The van der Waals surface area contributed by atoms with Crippen molar-refractivity contribution >= 4 is 103 Å². The van der Waals surface area contributed by atoms with Crippen LogP contribution in [-0.4, -0.2) is 34.5 Å². The van der Waals surface area contributed by atoms with E-state index in [-0.39, 0.29) is 0 Å². The monoisotopic (exact) mass is 1090 g/mol. The fraction of sp³-hybridized carbons (Fsp3) is 0.697. The minimum atomic E-state index is 1.16. The molecule has 4 aromatic rings. The topological polar surface area (TPSA) is 0 Å². The van der Waals surface area contributed by atoms with Gasteiger partial charge in [0.05, 0.1) is 0 Å². The summed E-state index contributed by atoms with van der Waals surface area (Å²) in [5, 5.41) is 8.93. The van der Waals surface area contributed by atoms with Crippen LogP contribution >= 0.6 is 70.6 Å². The molecule has 4 aromatic carbocycles. The zero-order valence-electron chi connectivity index (χ0n) is 47.4. The van der Waals surface area contributed by atoms with Crippen LogP contribution in [-0.2, 0) is 0 Å². The van der Waals surface area contributed by atoms with Crippen molar-refractivity contribution in [1.29, 1.82) is 0 Å². The molecule has 0 saturated heterocycles. The highest BCUT2D eigenvalue weighted by atomic mass is 32.2. The largest absolute Gasteiger partial charge is 0.125 e. The van der Waals surface area contributed by atoms with Crippen LogP contribution in [0.2, 0.25) is 0 Å². The predicted molar refractivity (Wildman–Crippen MR) is 343 cm³/mol. The molecule has 0 fully saturated rings. The Hall–Kier alpha value is -0.500. The van der Waals surface area contributed by atoms with E-state index in [1.165, 1.54) is 314 Å². The van der Waals surface area contributed by atoms with E-state index in [0.29, 0.717) is 0 Å². The van der Waals surface area contributed by atoms with E-state index in [2.05, 4.69) is 155 Å². The summed E-state index contributed by atoms with van der Waals surface area (Å²) in [6.45, 7) is 18.1. The number of thioether (sulfide) groups is 6. The molecule has 0 aliphatic heterocycles. The second-order valence-electron chi connectivity index (χ2n) is 21.2. The normalized spacial score (nSPS) is 11.9. The molecule has 0 nitrogen and oxygen atoms in total. The van der Waals surface area contributed by atoms with Crippen LogP contribution in [0.1, 0.15) is 260 Å². The lowest BCUT2D eigenvalue weighted by Gasteiger charge is -2.20. The maximum atomic E-state index is 4.20. The molecule has 406 valence electrons. The van der Waals surface area contributed by atoms with Crippen LogP contribution < -0.4 is 0 Å². The number of hydrogen-bond donors (Lipinski definition) is 0. The molecular weight excluding hydrogens is 985 g/mol. The third kappa shape index (κ3) is 25.3. The average molecular weight is 1090 g/mol. The van der Waals surface area contributed by atoms with Crippen molar-refractivity contribution in [2.75, 3.05) is 34.5 Å². The van der Waals surface area contributed by atoms with Crippen molar-refractivity contribution in [1.82, 2.24) is 0 Å². The molecule has 0 N–H and O–H groups in total.